The summed E-state index contributed by atoms with van der Waals surface area (Å²) in [5.74, 6) is 0.428. The molecule has 0 atom stereocenters. The molecule has 0 spiro atoms. The van der Waals surface area contributed by atoms with E-state index in [1.54, 1.807) is 0 Å². The summed E-state index contributed by atoms with van der Waals surface area (Å²) in [5, 5.41) is 2.91. The van der Waals surface area contributed by atoms with Crippen LogP contribution in [-0.2, 0) is 9.05 Å². The van der Waals surface area contributed by atoms with Crippen LogP contribution in [0.1, 0.15) is 43.1 Å². The zero-order chi connectivity index (χ0) is 14.0. The molecule has 1 aromatic rings. The van der Waals surface area contributed by atoms with Crippen LogP contribution in [0, 0.1) is 5.92 Å². The van der Waals surface area contributed by atoms with E-state index in [0.29, 0.717) is 5.92 Å². The maximum atomic E-state index is 12.0. The average molecular weight is 305 g/mol. The summed E-state index contributed by atoms with van der Waals surface area (Å²) in [6.45, 7) is 2.21. The van der Waals surface area contributed by atoms with Crippen LogP contribution in [0.2, 0.25) is 0 Å². The molecule has 1 aliphatic rings. The molecule has 19 heavy (non-hydrogen) atoms. The predicted octanol–water partition coefficient (Wildman–Crippen LogP) is 2.25. The highest BCUT2D eigenvalue weighted by molar-refractivity contribution is 8.13. The molecule has 2 N–H and O–H groups in total. The van der Waals surface area contributed by atoms with E-state index in [2.05, 4.69) is 17.2 Å². The maximum Gasteiger partial charge on any atom is 0.267 e. The van der Waals surface area contributed by atoms with Crippen molar-refractivity contribution in [3.8, 4) is 0 Å². The molecule has 1 saturated carbocycles. The minimum atomic E-state index is -3.79. The molecule has 2 rings (SSSR count). The Hall–Kier alpha value is -1.01. The van der Waals surface area contributed by atoms with Crippen molar-refractivity contribution in [2.24, 2.45) is 5.92 Å². The van der Waals surface area contributed by atoms with E-state index in [4.69, 9.17) is 10.7 Å². The number of rotatable bonds is 3. The second kappa shape index (κ2) is 5.54. The molecule has 1 heterocycles. The van der Waals surface area contributed by atoms with Crippen LogP contribution in [0.3, 0.4) is 0 Å². The number of amides is 1. The number of H-pyrrole nitrogens is 1. The van der Waals surface area contributed by atoms with Gasteiger partial charge in [-0.3, -0.25) is 4.79 Å². The van der Waals surface area contributed by atoms with Crippen molar-refractivity contribution >= 4 is 25.6 Å². The van der Waals surface area contributed by atoms with Gasteiger partial charge in [-0.25, -0.2) is 8.42 Å². The molecule has 0 radical (unpaired) electrons. The third-order valence-corrected chi connectivity index (χ3v) is 4.87. The Labute approximate surface area is 117 Å². The van der Waals surface area contributed by atoms with Crippen LogP contribution in [0.4, 0.5) is 0 Å². The van der Waals surface area contributed by atoms with Crippen molar-refractivity contribution in [3.63, 3.8) is 0 Å². The number of aromatic nitrogens is 1. The van der Waals surface area contributed by atoms with Gasteiger partial charge < -0.3 is 10.3 Å². The Morgan fingerprint density at radius 1 is 1.37 bits per heavy atom. The molecule has 0 unspecified atom stereocenters. The lowest BCUT2D eigenvalue weighted by molar-refractivity contribution is 0.0918. The van der Waals surface area contributed by atoms with Crippen molar-refractivity contribution in [1.29, 1.82) is 0 Å². The third kappa shape index (κ3) is 3.73. The summed E-state index contributed by atoms with van der Waals surface area (Å²) >= 11 is 0. The molecule has 106 valence electrons. The molecular weight excluding hydrogens is 288 g/mol. The number of carbonyl (C=O) groups excluding carboxylic acids is 1. The molecule has 0 aliphatic heterocycles. The standard InChI is InChI=1S/C12H17ClN2O3S/c1-8-2-4-9(5-3-8)15-12(16)11-6-10(7-14-11)19(13,17)18/h6-9,14H,2-5H2,1H3,(H,15,16). The van der Waals surface area contributed by atoms with Gasteiger partial charge in [0.15, 0.2) is 0 Å². The van der Waals surface area contributed by atoms with Gasteiger partial charge in [-0.05, 0) is 37.7 Å². The summed E-state index contributed by atoms with van der Waals surface area (Å²) in [7, 11) is 1.41. The summed E-state index contributed by atoms with van der Waals surface area (Å²) in [6, 6.07) is 1.42. The van der Waals surface area contributed by atoms with Gasteiger partial charge >= 0.3 is 0 Å². The minimum absolute atomic E-state index is 0.0865. The summed E-state index contributed by atoms with van der Waals surface area (Å²) in [4.78, 5) is 14.5. The van der Waals surface area contributed by atoms with Crippen molar-refractivity contribution in [2.45, 2.75) is 43.5 Å². The Morgan fingerprint density at radius 2 is 2.00 bits per heavy atom. The fourth-order valence-corrected chi connectivity index (χ4v) is 3.04. The minimum Gasteiger partial charge on any atom is -0.356 e. The van der Waals surface area contributed by atoms with E-state index < -0.39 is 9.05 Å². The molecule has 5 nitrogen and oxygen atoms in total. The fourth-order valence-electron chi connectivity index (χ4n) is 2.31. The van der Waals surface area contributed by atoms with E-state index >= 15 is 0 Å². The molecule has 1 fully saturated rings. The highest BCUT2D eigenvalue weighted by atomic mass is 35.7. The predicted molar refractivity (Wildman–Crippen MR) is 72.7 cm³/mol. The Morgan fingerprint density at radius 3 is 2.53 bits per heavy atom. The van der Waals surface area contributed by atoms with Crippen LogP contribution in [-0.4, -0.2) is 25.4 Å². The van der Waals surface area contributed by atoms with Gasteiger partial charge in [0.2, 0.25) is 0 Å². The zero-order valence-electron chi connectivity index (χ0n) is 10.6. The van der Waals surface area contributed by atoms with Gasteiger partial charge in [0.1, 0.15) is 10.6 Å². The first-order chi connectivity index (χ1) is 8.86. The van der Waals surface area contributed by atoms with Gasteiger partial charge in [-0.1, -0.05) is 6.92 Å². The van der Waals surface area contributed by atoms with E-state index in [-0.39, 0.29) is 22.5 Å². The van der Waals surface area contributed by atoms with E-state index in [9.17, 15) is 13.2 Å². The molecule has 1 amide bonds. The largest absolute Gasteiger partial charge is 0.356 e. The SMILES string of the molecule is CC1CCC(NC(=O)c2cc(S(=O)(=O)Cl)c[nH]2)CC1. The molecule has 0 aromatic carbocycles. The van der Waals surface area contributed by atoms with E-state index in [1.165, 1.54) is 12.3 Å². The van der Waals surface area contributed by atoms with Gasteiger partial charge in [-0.2, -0.15) is 0 Å². The lowest BCUT2D eigenvalue weighted by Crippen LogP contribution is -2.37. The topological polar surface area (TPSA) is 79.0 Å². The Balaban J connectivity index is 1.99. The number of halogens is 1. The van der Waals surface area contributed by atoms with Gasteiger partial charge in [-0.15, -0.1) is 0 Å². The number of aromatic amines is 1. The lowest BCUT2D eigenvalue weighted by Gasteiger charge is -2.26. The van der Waals surface area contributed by atoms with Crippen molar-refractivity contribution < 1.29 is 13.2 Å². The fraction of sp³-hybridized carbons (Fsp3) is 0.583. The highest BCUT2D eigenvalue weighted by Gasteiger charge is 2.22. The van der Waals surface area contributed by atoms with Gasteiger partial charge in [0, 0.05) is 22.9 Å². The number of nitrogens with one attached hydrogen (secondary N) is 2. The molecule has 1 aliphatic carbocycles. The number of hydrogen-bond donors (Lipinski definition) is 2. The molecule has 0 saturated heterocycles. The van der Waals surface area contributed by atoms with Crippen LogP contribution in [0.5, 0.6) is 0 Å². The monoisotopic (exact) mass is 304 g/mol. The second-order valence-corrected chi connectivity index (χ2v) is 7.68. The first-order valence-corrected chi connectivity index (χ1v) is 8.61. The first-order valence-electron chi connectivity index (χ1n) is 6.30. The van der Waals surface area contributed by atoms with Crippen LogP contribution < -0.4 is 5.32 Å². The van der Waals surface area contributed by atoms with Gasteiger partial charge in [0.05, 0.1) is 0 Å². The Bertz CT molecular complexity index is 559. The van der Waals surface area contributed by atoms with Crippen LogP contribution in [0.15, 0.2) is 17.2 Å². The number of hydrogen-bond acceptors (Lipinski definition) is 3. The summed E-state index contributed by atoms with van der Waals surface area (Å²) in [5.41, 5.74) is 0.220. The summed E-state index contributed by atoms with van der Waals surface area (Å²) < 4.78 is 22.2. The maximum absolute atomic E-state index is 12.0. The summed E-state index contributed by atoms with van der Waals surface area (Å²) in [6.07, 6.45) is 5.37. The van der Waals surface area contributed by atoms with Crippen LogP contribution >= 0.6 is 10.7 Å². The quantitative estimate of drug-likeness (QED) is 0.841. The first kappa shape index (κ1) is 14.4. The van der Waals surface area contributed by atoms with E-state index in [0.717, 1.165) is 25.7 Å². The van der Waals surface area contributed by atoms with Crippen molar-refractivity contribution in [3.05, 3.63) is 18.0 Å². The van der Waals surface area contributed by atoms with E-state index in [1.807, 2.05) is 0 Å². The van der Waals surface area contributed by atoms with Crippen molar-refractivity contribution in [1.82, 2.24) is 10.3 Å². The molecular formula is C12H17ClN2O3S. The van der Waals surface area contributed by atoms with Crippen LogP contribution in [0.25, 0.3) is 0 Å². The lowest BCUT2D eigenvalue weighted by atomic mass is 9.87. The smallest absolute Gasteiger partial charge is 0.267 e. The van der Waals surface area contributed by atoms with Crippen molar-refractivity contribution in [2.75, 3.05) is 0 Å². The average Bonchev–Trinajstić information content (AvgIpc) is 2.81. The molecule has 1 aromatic heterocycles. The van der Waals surface area contributed by atoms with Gasteiger partial charge in [0.25, 0.3) is 15.0 Å². The molecule has 7 heteroatoms. The zero-order valence-corrected chi connectivity index (χ0v) is 12.2. The third-order valence-electron chi connectivity index (χ3n) is 3.53. The highest BCUT2D eigenvalue weighted by Crippen LogP contribution is 2.23. The normalized spacial score (nSPS) is 24.1. The number of carbonyl (C=O) groups is 1. The second-order valence-electron chi connectivity index (χ2n) is 5.12. The molecule has 0 bridgehead atoms. The Kier molecular flexibility index (Phi) is 4.20.